The van der Waals surface area contributed by atoms with Gasteiger partial charge in [0, 0.05) is 18.0 Å². The Bertz CT molecular complexity index is 3220. The highest BCUT2D eigenvalue weighted by molar-refractivity contribution is 6.15. The van der Waals surface area contributed by atoms with Gasteiger partial charge in [-0.1, -0.05) is 176 Å². The van der Waals surface area contributed by atoms with E-state index >= 15 is 0 Å². The molecule has 0 amide bonds. The Labute approximate surface area is 337 Å². The summed E-state index contributed by atoms with van der Waals surface area (Å²) in [5.41, 5.74) is 11.3. The summed E-state index contributed by atoms with van der Waals surface area (Å²) < 4.78 is 0. The van der Waals surface area contributed by atoms with Crippen molar-refractivity contribution in [3.8, 4) is 33.4 Å². The first-order chi connectivity index (χ1) is 28.7. The van der Waals surface area contributed by atoms with Gasteiger partial charge >= 0.3 is 0 Å². The molecule has 0 bridgehead atoms. The molecule has 1 atom stereocenters. The van der Waals surface area contributed by atoms with Gasteiger partial charge in [-0.3, -0.25) is 4.98 Å². The second-order valence-corrected chi connectivity index (χ2v) is 15.0. The van der Waals surface area contributed by atoms with Gasteiger partial charge < -0.3 is 5.32 Å². The summed E-state index contributed by atoms with van der Waals surface area (Å²) in [4.78, 5) is 9.60. The summed E-state index contributed by atoms with van der Waals surface area (Å²) in [6.07, 6.45) is 5.96. The third-order valence-corrected chi connectivity index (χ3v) is 11.6. The number of nitrogens with one attached hydrogen (secondary N) is 1. The van der Waals surface area contributed by atoms with Crippen LogP contribution in [0.4, 0.5) is 0 Å². The molecule has 0 saturated heterocycles. The first-order valence-corrected chi connectivity index (χ1v) is 19.8. The summed E-state index contributed by atoms with van der Waals surface area (Å²) in [7, 11) is 0. The average Bonchev–Trinajstić information content (AvgIpc) is 3.31. The van der Waals surface area contributed by atoms with Crippen molar-refractivity contribution in [1.29, 1.82) is 0 Å². The van der Waals surface area contributed by atoms with Gasteiger partial charge in [-0.25, -0.2) is 4.99 Å². The lowest BCUT2D eigenvalue weighted by Crippen LogP contribution is -2.31. The number of aromatic nitrogens is 1. The van der Waals surface area contributed by atoms with Gasteiger partial charge in [0.05, 0.1) is 11.7 Å². The van der Waals surface area contributed by atoms with Crippen LogP contribution in [-0.2, 0) is 0 Å². The van der Waals surface area contributed by atoms with E-state index in [4.69, 9.17) is 4.99 Å². The van der Waals surface area contributed by atoms with Crippen LogP contribution in [0.5, 0.6) is 0 Å². The fourth-order valence-corrected chi connectivity index (χ4v) is 8.66. The maximum absolute atomic E-state index is 5.28. The lowest BCUT2D eigenvalue weighted by Gasteiger charge is -2.25. The predicted octanol–water partition coefficient (Wildman–Crippen LogP) is 13.8. The predicted molar refractivity (Wildman–Crippen MR) is 244 cm³/mol. The van der Waals surface area contributed by atoms with Crippen molar-refractivity contribution < 1.29 is 0 Å². The Morgan fingerprint density at radius 2 is 0.862 bits per heavy atom. The van der Waals surface area contributed by atoms with Crippen LogP contribution in [-0.4, -0.2) is 10.8 Å². The zero-order valence-corrected chi connectivity index (χ0v) is 31.7. The highest BCUT2D eigenvalue weighted by Crippen LogP contribution is 2.38. The molecule has 9 aromatic carbocycles. The van der Waals surface area contributed by atoms with Crippen LogP contribution < -0.4 is 5.32 Å². The molecule has 0 spiro atoms. The number of rotatable bonds is 6. The Morgan fingerprint density at radius 3 is 1.43 bits per heavy atom. The van der Waals surface area contributed by atoms with Crippen LogP contribution in [0.3, 0.4) is 0 Å². The minimum atomic E-state index is -0.0907. The average molecular weight is 740 g/mol. The molecule has 0 fully saturated rings. The van der Waals surface area contributed by atoms with Gasteiger partial charge in [0.25, 0.3) is 0 Å². The molecule has 58 heavy (non-hydrogen) atoms. The summed E-state index contributed by atoms with van der Waals surface area (Å²) in [5.74, 6) is 0.846. The first kappa shape index (κ1) is 33.7. The third-order valence-electron chi connectivity index (χ3n) is 11.6. The van der Waals surface area contributed by atoms with E-state index < -0.39 is 0 Å². The molecule has 1 aliphatic rings. The van der Waals surface area contributed by atoms with E-state index in [9.17, 15) is 0 Å². The Kier molecular flexibility index (Phi) is 8.22. The van der Waals surface area contributed by atoms with Gasteiger partial charge in [0.1, 0.15) is 5.84 Å². The Morgan fingerprint density at radius 1 is 0.379 bits per heavy atom. The number of benzene rings is 9. The molecular weight excluding hydrogens is 703 g/mol. The van der Waals surface area contributed by atoms with E-state index in [0.29, 0.717) is 0 Å². The number of hydrogen-bond donors (Lipinski definition) is 1. The van der Waals surface area contributed by atoms with E-state index in [2.05, 4.69) is 204 Å². The lowest BCUT2D eigenvalue weighted by atomic mass is 9.92. The van der Waals surface area contributed by atoms with E-state index in [1.165, 1.54) is 70.9 Å². The van der Waals surface area contributed by atoms with E-state index in [-0.39, 0.29) is 6.04 Å². The van der Waals surface area contributed by atoms with Crippen LogP contribution in [0.2, 0.25) is 0 Å². The largest absolute Gasteiger partial charge is 0.359 e. The first-order valence-electron chi connectivity index (χ1n) is 19.8. The SMILES string of the molecule is C1=C(c2ccc(-c3cccnc3)cc2)N=C(c2ccc(-c3cc4ccccc4c4ccccc34)cc2)NC1c1ccc(-c2cc3ccccc3c3ccccc23)cc1. The second-order valence-electron chi connectivity index (χ2n) is 15.0. The molecule has 1 aliphatic heterocycles. The highest BCUT2D eigenvalue weighted by atomic mass is 15.0. The zero-order valence-electron chi connectivity index (χ0n) is 31.7. The molecule has 1 unspecified atom stereocenters. The van der Waals surface area contributed by atoms with Crippen molar-refractivity contribution in [2.24, 2.45) is 4.99 Å². The minimum Gasteiger partial charge on any atom is -0.359 e. The monoisotopic (exact) mass is 739 g/mol. The van der Waals surface area contributed by atoms with Crippen molar-refractivity contribution in [2.75, 3.05) is 0 Å². The van der Waals surface area contributed by atoms with Crippen molar-refractivity contribution >= 4 is 54.6 Å². The van der Waals surface area contributed by atoms with Crippen LogP contribution >= 0.6 is 0 Å². The third kappa shape index (κ3) is 6.01. The Balaban J connectivity index is 0.970. The van der Waals surface area contributed by atoms with Crippen LogP contribution in [0.25, 0.3) is 82.2 Å². The maximum atomic E-state index is 5.28. The van der Waals surface area contributed by atoms with Crippen molar-refractivity contribution in [3.63, 3.8) is 0 Å². The molecule has 1 N–H and O–H groups in total. The Hall–Kier alpha value is -7.62. The van der Waals surface area contributed by atoms with E-state index in [1.54, 1.807) is 6.20 Å². The summed E-state index contributed by atoms with van der Waals surface area (Å²) in [5, 5.41) is 13.9. The molecule has 2 heterocycles. The fourth-order valence-electron chi connectivity index (χ4n) is 8.66. The maximum Gasteiger partial charge on any atom is 0.134 e. The molecule has 10 aromatic rings. The van der Waals surface area contributed by atoms with Gasteiger partial charge in [0.15, 0.2) is 0 Å². The molecule has 3 heteroatoms. The normalized spacial score (nSPS) is 14.0. The van der Waals surface area contributed by atoms with Crippen LogP contribution in [0, 0.1) is 0 Å². The molecule has 0 saturated carbocycles. The molecule has 272 valence electrons. The number of amidine groups is 1. The van der Waals surface area contributed by atoms with Gasteiger partial charge in [-0.2, -0.15) is 0 Å². The summed E-state index contributed by atoms with van der Waals surface area (Å²) >= 11 is 0. The lowest BCUT2D eigenvalue weighted by molar-refractivity contribution is 0.781. The van der Waals surface area contributed by atoms with Gasteiger partial charge in [-0.15, -0.1) is 0 Å². The molecule has 11 rings (SSSR count). The smallest absolute Gasteiger partial charge is 0.134 e. The number of aliphatic imine (C=N–C) groups is 1. The van der Waals surface area contributed by atoms with Crippen molar-refractivity contribution in [1.82, 2.24) is 10.3 Å². The standard InChI is InChI=1S/C55H37N3/c1-3-13-45-42(10-1)32-51(49-17-7-5-15-47(45)49)37-21-27-40(28-22-37)54-34-53(39-25-19-36(20-26-39)44-12-9-31-56-35-44)57-55(58-54)41-29-23-38(24-30-41)52-33-43-11-2-4-14-46(43)48-16-6-8-18-50(48)52/h1-35,54H,(H,57,58). The van der Waals surface area contributed by atoms with Crippen molar-refractivity contribution in [3.05, 3.63) is 229 Å². The quantitative estimate of drug-likeness (QED) is 0.172. The van der Waals surface area contributed by atoms with E-state index in [0.717, 1.165) is 33.8 Å². The molecule has 3 nitrogen and oxygen atoms in total. The zero-order chi connectivity index (χ0) is 38.4. The number of hydrogen-bond acceptors (Lipinski definition) is 3. The van der Waals surface area contributed by atoms with E-state index in [1.807, 2.05) is 12.3 Å². The van der Waals surface area contributed by atoms with Crippen molar-refractivity contribution in [2.45, 2.75) is 6.04 Å². The minimum absolute atomic E-state index is 0.0907. The molecule has 1 aromatic heterocycles. The van der Waals surface area contributed by atoms with Crippen LogP contribution in [0.1, 0.15) is 22.7 Å². The highest BCUT2D eigenvalue weighted by Gasteiger charge is 2.21. The summed E-state index contributed by atoms with van der Waals surface area (Å²) in [6.45, 7) is 0. The second kappa shape index (κ2) is 14.1. The van der Waals surface area contributed by atoms with Crippen LogP contribution in [0.15, 0.2) is 218 Å². The fraction of sp³-hybridized carbons (Fsp3) is 0.0182. The summed E-state index contributed by atoms with van der Waals surface area (Å²) in [6, 6.07) is 69.9. The molecule has 0 radical (unpaired) electrons. The number of fused-ring (bicyclic) bond motifs is 6. The van der Waals surface area contributed by atoms with Gasteiger partial charge in [0.2, 0.25) is 0 Å². The molecular formula is C55H37N3. The van der Waals surface area contributed by atoms with Gasteiger partial charge in [-0.05, 0) is 112 Å². The topological polar surface area (TPSA) is 37.3 Å². The number of nitrogens with zero attached hydrogens (tertiary/aromatic N) is 2. The molecule has 0 aliphatic carbocycles. The number of pyridine rings is 1.